The number of benzene rings is 2. The summed E-state index contributed by atoms with van der Waals surface area (Å²) in [5.74, 6) is 0. The van der Waals surface area contributed by atoms with E-state index in [0.29, 0.717) is 5.41 Å². The first-order valence-corrected chi connectivity index (χ1v) is 10.0. The van der Waals surface area contributed by atoms with Gasteiger partial charge in [0.1, 0.15) is 0 Å². The molecule has 0 aliphatic heterocycles. The van der Waals surface area contributed by atoms with Gasteiger partial charge in [-0.05, 0) is 48.3 Å². The Morgan fingerprint density at radius 2 is 1.62 bits per heavy atom. The molecule has 0 saturated heterocycles. The lowest BCUT2D eigenvalue weighted by atomic mass is 9.72. The monoisotopic (exact) mass is 342 g/mol. The van der Waals surface area contributed by atoms with E-state index in [2.05, 4.69) is 59.9 Å². The predicted octanol–water partition coefficient (Wildman–Crippen LogP) is 5.90. The van der Waals surface area contributed by atoms with Gasteiger partial charge in [0.05, 0.1) is 5.52 Å². The molecule has 1 N–H and O–H groups in total. The van der Waals surface area contributed by atoms with Crippen LogP contribution in [0.1, 0.15) is 48.9 Å². The van der Waals surface area contributed by atoms with E-state index in [-0.39, 0.29) is 0 Å². The molecule has 0 bridgehead atoms. The average Bonchev–Trinajstić information content (AvgIpc) is 3.03. The zero-order valence-corrected chi connectivity index (χ0v) is 15.3. The van der Waals surface area contributed by atoms with E-state index in [1.165, 1.54) is 72.8 Å². The summed E-state index contributed by atoms with van der Waals surface area (Å²) >= 11 is 0. The van der Waals surface area contributed by atoms with Crippen LogP contribution in [-0.2, 0) is 19.4 Å². The van der Waals surface area contributed by atoms with E-state index < -0.39 is 0 Å². The lowest BCUT2D eigenvalue weighted by Gasteiger charge is -2.33. The van der Waals surface area contributed by atoms with Gasteiger partial charge in [0.25, 0.3) is 0 Å². The first-order chi connectivity index (χ1) is 12.8. The first-order valence-electron chi connectivity index (χ1n) is 10.0. The molecule has 0 atom stereocenters. The second-order valence-electron chi connectivity index (χ2n) is 8.18. The summed E-state index contributed by atoms with van der Waals surface area (Å²) in [6.07, 6.45) is 9.31. The fraction of sp³-hybridized carbons (Fsp3) is 0.375. The van der Waals surface area contributed by atoms with E-state index in [1.807, 2.05) is 0 Å². The van der Waals surface area contributed by atoms with E-state index in [0.717, 1.165) is 12.1 Å². The van der Waals surface area contributed by atoms with Gasteiger partial charge < -0.3 is 5.32 Å². The van der Waals surface area contributed by atoms with Crippen molar-refractivity contribution in [1.29, 1.82) is 0 Å². The predicted molar refractivity (Wildman–Crippen MR) is 108 cm³/mol. The van der Waals surface area contributed by atoms with E-state index in [9.17, 15) is 0 Å². The van der Waals surface area contributed by atoms with Gasteiger partial charge in [0, 0.05) is 23.3 Å². The molecule has 2 aromatic carbocycles. The van der Waals surface area contributed by atoms with Gasteiger partial charge in [0.2, 0.25) is 0 Å². The van der Waals surface area contributed by atoms with Gasteiger partial charge in [-0.15, -0.1) is 0 Å². The molecule has 2 nitrogen and oxygen atoms in total. The zero-order chi connectivity index (χ0) is 17.4. The van der Waals surface area contributed by atoms with E-state index in [1.54, 1.807) is 0 Å². The largest absolute Gasteiger partial charge is 0.380 e. The van der Waals surface area contributed by atoms with Crippen LogP contribution in [0.3, 0.4) is 0 Å². The summed E-state index contributed by atoms with van der Waals surface area (Å²) in [7, 11) is 0. The van der Waals surface area contributed by atoms with Crippen LogP contribution in [0.4, 0.5) is 5.69 Å². The Bertz CT molecular complexity index is 924. The van der Waals surface area contributed by atoms with Crippen LogP contribution in [0, 0.1) is 5.41 Å². The first kappa shape index (κ1) is 15.9. The Kier molecular flexibility index (Phi) is 3.92. The third-order valence-corrected chi connectivity index (χ3v) is 6.40. The van der Waals surface area contributed by atoms with Crippen molar-refractivity contribution in [2.75, 3.05) is 5.32 Å². The highest BCUT2D eigenvalue weighted by molar-refractivity contribution is 5.93. The van der Waals surface area contributed by atoms with Crippen LogP contribution in [0.5, 0.6) is 0 Å². The van der Waals surface area contributed by atoms with E-state index >= 15 is 0 Å². The van der Waals surface area contributed by atoms with Gasteiger partial charge >= 0.3 is 0 Å². The Balaban J connectivity index is 1.55. The molecule has 1 saturated carbocycles. The van der Waals surface area contributed by atoms with Crippen LogP contribution in [0.25, 0.3) is 10.9 Å². The van der Waals surface area contributed by atoms with Crippen molar-refractivity contribution in [1.82, 2.24) is 4.98 Å². The normalized spacial score (nSPS) is 18.2. The van der Waals surface area contributed by atoms with Crippen molar-refractivity contribution in [2.45, 2.75) is 51.5 Å². The van der Waals surface area contributed by atoms with Gasteiger partial charge in [-0.1, -0.05) is 67.8 Å². The molecule has 1 fully saturated rings. The van der Waals surface area contributed by atoms with Gasteiger partial charge in [0.15, 0.2) is 0 Å². The maximum absolute atomic E-state index is 5.08. The topological polar surface area (TPSA) is 24.9 Å². The van der Waals surface area contributed by atoms with Gasteiger partial charge in [-0.2, -0.15) is 0 Å². The van der Waals surface area contributed by atoms with Crippen molar-refractivity contribution in [3.8, 4) is 0 Å². The van der Waals surface area contributed by atoms with Crippen LogP contribution in [0.2, 0.25) is 0 Å². The van der Waals surface area contributed by atoms with E-state index in [4.69, 9.17) is 4.98 Å². The molecule has 2 heteroatoms. The van der Waals surface area contributed by atoms with Crippen molar-refractivity contribution < 1.29 is 0 Å². The summed E-state index contributed by atoms with van der Waals surface area (Å²) in [6.45, 7) is 0.869. The number of hydrogen-bond acceptors (Lipinski definition) is 2. The number of nitrogens with one attached hydrogen (secondary N) is 1. The minimum atomic E-state index is 0.480. The second-order valence-corrected chi connectivity index (χ2v) is 8.18. The van der Waals surface area contributed by atoms with Crippen LogP contribution in [0.15, 0.2) is 54.6 Å². The highest BCUT2D eigenvalue weighted by Gasteiger charge is 2.40. The lowest BCUT2D eigenvalue weighted by Crippen LogP contribution is -2.24. The molecular formula is C24H26N2. The zero-order valence-electron chi connectivity index (χ0n) is 15.3. The quantitative estimate of drug-likeness (QED) is 0.641. The molecule has 26 heavy (non-hydrogen) atoms. The smallest absolute Gasteiger partial charge is 0.0726 e. The van der Waals surface area contributed by atoms with Crippen LogP contribution < -0.4 is 5.32 Å². The Morgan fingerprint density at radius 1 is 0.846 bits per heavy atom. The maximum Gasteiger partial charge on any atom is 0.0726 e. The summed E-state index contributed by atoms with van der Waals surface area (Å²) in [5.41, 5.74) is 7.11. The SMILES string of the molecule is c1ccc(CNc2c3c(nc4ccccc24)CC2(CCCCC2)C3)cc1. The number of para-hydroxylation sites is 1. The molecule has 0 amide bonds. The van der Waals surface area contributed by atoms with Gasteiger partial charge in [-0.25, -0.2) is 0 Å². The average molecular weight is 342 g/mol. The molecule has 2 aliphatic rings. The molecule has 132 valence electrons. The number of nitrogens with zero attached hydrogens (tertiary/aromatic N) is 1. The van der Waals surface area contributed by atoms with Gasteiger partial charge in [-0.3, -0.25) is 4.98 Å². The lowest BCUT2D eigenvalue weighted by molar-refractivity contribution is 0.202. The molecule has 0 unspecified atom stereocenters. The Morgan fingerprint density at radius 3 is 2.46 bits per heavy atom. The highest BCUT2D eigenvalue weighted by atomic mass is 14.9. The molecule has 0 radical (unpaired) electrons. The molecule has 2 aliphatic carbocycles. The third kappa shape index (κ3) is 2.78. The number of hydrogen-bond donors (Lipinski definition) is 1. The van der Waals surface area contributed by atoms with Crippen molar-refractivity contribution >= 4 is 16.6 Å². The van der Waals surface area contributed by atoms with Crippen LogP contribution >= 0.6 is 0 Å². The minimum absolute atomic E-state index is 0.480. The maximum atomic E-state index is 5.08. The highest BCUT2D eigenvalue weighted by Crippen LogP contribution is 2.49. The number of aromatic nitrogens is 1. The Labute approximate surface area is 155 Å². The summed E-state index contributed by atoms with van der Waals surface area (Å²) < 4.78 is 0. The summed E-state index contributed by atoms with van der Waals surface area (Å²) in [6, 6.07) is 19.3. The molecule has 1 spiro atoms. The second kappa shape index (κ2) is 6.42. The molecule has 5 rings (SSSR count). The molecule has 1 aromatic heterocycles. The van der Waals surface area contributed by atoms with Crippen molar-refractivity contribution in [2.24, 2.45) is 5.41 Å². The fourth-order valence-corrected chi connectivity index (χ4v) is 5.08. The van der Waals surface area contributed by atoms with Crippen LogP contribution in [-0.4, -0.2) is 4.98 Å². The minimum Gasteiger partial charge on any atom is -0.380 e. The van der Waals surface area contributed by atoms with Crippen molar-refractivity contribution in [3.05, 3.63) is 71.4 Å². The number of pyridine rings is 1. The number of rotatable bonds is 3. The molecular weight excluding hydrogens is 316 g/mol. The standard InChI is InChI=1S/C24H26N2/c1-3-9-18(10-4-1)17-25-23-19-11-5-6-12-21(19)26-22-16-24(15-20(22)23)13-7-2-8-14-24/h1,3-6,9-12H,2,7-8,13-17H2,(H,25,26). The summed E-state index contributed by atoms with van der Waals surface area (Å²) in [4.78, 5) is 5.08. The fourth-order valence-electron chi connectivity index (χ4n) is 5.08. The molecule has 3 aromatic rings. The third-order valence-electron chi connectivity index (χ3n) is 6.40. The summed E-state index contributed by atoms with van der Waals surface area (Å²) in [5, 5.41) is 5.06. The molecule has 1 heterocycles. The van der Waals surface area contributed by atoms with Crippen molar-refractivity contribution in [3.63, 3.8) is 0 Å². The number of fused-ring (bicyclic) bond motifs is 2. The Hall–Kier alpha value is -2.35. The number of anilines is 1.